The van der Waals surface area contributed by atoms with Gasteiger partial charge in [-0.3, -0.25) is 0 Å². The average molecular weight is 331 g/mol. The fourth-order valence-corrected chi connectivity index (χ4v) is 4.40. The van der Waals surface area contributed by atoms with E-state index in [0.717, 1.165) is 11.5 Å². The molecule has 1 heterocycles. The lowest BCUT2D eigenvalue weighted by molar-refractivity contribution is -0.136. The zero-order valence-electron chi connectivity index (χ0n) is 11.0. The lowest BCUT2D eigenvalue weighted by Crippen LogP contribution is -2.24. The highest BCUT2D eigenvalue weighted by Gasteiger charge is 2.32. The number of nitrogen functional groups attached to an aromatic ring is 1. The highest BCUT2D eigenvalue weighted by Crippen LogP contribution is 2.34. The van der Waals surface area contributed by atoms with Crippen molar-refractivity contribution in [3.8, 4) is 0 Å². The number of nitrogens with one attached hydrogen (secondary N) is 1. The first-order chi connectivity index (χ1) is 9.07. The van der Waals surface area contributed by atoms with Crippen molar-refractivity contribution in [2.45, 2.75) is 43.8 Å². The molecule has 5 nitrogen and oxygen atoms in total. The van der Waals surface area contributed by atoms with E-state index < -0.39 is 28.5 Å². The minimum atomic E-state index is -4.33. The van der Waals surface area contributed by atoms with Gasteiger partial charge >= 0.3 is 6.18 Å². The first-order valence-corrected chi connectivity index (χ1v) is 8.30. The van der Waals surface area contributed by atoms with E-state index in [1.807, 2.05) is 0 Å². The summed E-state index contributed by atoms with van der Waals surface area (Å²) in [6, 6.07) is -0.967. The van der Waals surface area contributed by atoms with Gasteiger partial charge in [-0.15, -0.1) is 0 Å². The van der Waals surface area contributed by atoms with Crippen LogP contribution in [0.5, 0.6) is 0 Å². The summed E-state index contributed by atoms with van der Waals surface area (Å²) < 4.78 is 64.6. The maximum atomic E-state index is 12.3. The second kappa shape index (κ2) is 6.17. The molecule has 0 saturated heterocycles. The largest absolute Gasteiger partial charge is 0.391 e. The van der Waals surface area contributed by atoms with Gasteiger partial charge in [0.25, 0.3) is 0 Å². The standard InChI is InChI=1S/C10H16F3N3O2S2/c1-3-4-20(17,18)7-8(14)16-19-9(7)15-6(2)5-10(11,12)13/h6,15H,3-5H2,1-2H3,(H2,14,16). The predicted octanol–water partition coefficient (Wildman–Crippen LogP) is 2.66. The third kappa shape index (κ3) is 4.51. The van der Waals surface area contributed by atoms with E-state index in [9.17, 15) is 21.6 Å². The maximum Gasteiger partial charge on any atom is 0.391 e. The van der Waals surface area contributed by atoms with Gasteiger partial charge in [0.05, 0.1) is 12.2 Å². The highest BCUT2D eigenvalue weighted by atomic mass is 32.2. The Hall–Kier alpha value is -1.03. The molecule has 0 spiro atoms. The summed E-state index contributed by atoms with van der Waals surface area (Å²) in [6.45, 7) is 3.01. The zero-order valence-corrected chi connectivity index (χ0v) is 12.6. The van der Waals surface area contributed by atoms with Crippen LogP contribution in [0, 0.1) is 0 Å². The van der Waals surface area contributed by atoms with Crippen molar-refractivity contribution < 1.29 is 21.6 Å². The van der Waals surface area contributed by atoms with Crippen LogP contribution < -0.4 is 11.1 Å². The summed E-state index contributed by atoms with van der Waals surface area (Å²) in [5.74, 6) is -0.303. The predicted molar refractivity (Wildman–Crippen MR) is 72.6 cm³/mol. The quantitative estimate of drug-likeness (QED) is 0.837. The van der Waals surface area contributed by atoms with Crippen LogP contribution in [-0.4, -0.2) is 30.8 Å². The van der Waals surface area contributed by atoms with Crippen molar-refractivity contribution in [2.75, 3.05) is 16.8 Å². The summed E-state index contributed by atoms with van der Waals surface area (Å²) in [7, 11) is -3.64. The van der Waals surface area contributed by atoms with Gasteiger partial charge < -0.3 is 11.1 Å². The molecule has 0 bridgehead atoms. The Bertz CT molecular complexity index is 555. The van der Waals surface area contributed by atoms with E-state index in [-0.39, 0.29) is 21.5 Å². The smallest absolute Gasteiger partial charge is 0.382 e. The fraction of sp³-hybridized carbons (Fsp3) is 0.700. The molecular weight excluding hydrogens is 315 g/mol. The number of rotatable bonds is 6. The molecule has 0 aliphatic carbocycles. The number of aromatic nitrogens is 1. The van der Waals surface area contributed by atoms with Gasteiger partial charge in [0.1, 0.15) is 9.90 Å². The van der Waals surface area contributed by atoms with Crippen LogP contribution in [0.3, 0.4) is 0 Å². The molecule has 1 unspecified atom stereocenters. The van der Waals surface area contributed by atoms with E-state index in [0.29, 0.717) is 6.42 Å². The summed E-state index contributed by atoms with van der Waals surface area (Å²) in [6.07, 6.45) is -5.02. The number of hydrogen-bond donors (Lipinski definition) is 2. The summed E-state index contributed by atoms with van der Waals surface area (Å²) in [5, 5.41) is 2.59. The lowest BCUT2D eigenvalue weighted by Gasteiger charge is -2.16. The van der Waals surface area contributed by atoms with Crippen LogP contribution in [0.25, 0.3) is 0 Å². The Balaban J connectivity index is 2.99. The number of sulfone groups is 1. The highest BCUT2D eigenvalue weighted by molar-refractivity contribution is 7.91. The molecule has 0 saturated carbocycles. The first kappa shape index (κ1) is 17.0. The Morgan fingerprint density at radius 2 is 2.05 bits per heavy atom. The van der Waals surface area contributed by atoms with Crippen LogP contribution in [0.2, 0.25) is 0 Å². The minimum Gasteiger partial charge on any atom is -0.382 e. The number of hydrogen-bond acceptors (Lipinski definition) is 6. The van der Waals surface area contributed by atoms with Crippen molar-refractivity contribution in [3.63, 3.8) is 0 Å². The van der Waals surface area contributed by atoms with Gasteiger partial charge in [-0.25, -0.2) is 8.42 Å². The van der Waals surface area contributed by atoms with Gasteiger partial charge in [0.15, 0.2) is 15.7 Å². The van der Waals surface area contributed by atoms with Crippen LogP contribution >= 0.6 is 11.5 Å². The van der Waals surface area contributed by atoms with E-state index in [1.165, 1.54) is 6.92 Å². The zero-order chi connectivity index (χ0) is 15.6. The molecule has 0 aliphatic rings. The molecule has 0 aliphatic heterocycles. The number of anilines is 2. The molecule has 116 valence electrons. The Labute approximate surface area is 119 Å². The molecule has 1 rings (SSSR count). The van der Waals surface area contributed by atoms with E-state index >= 15 is 0 Å². The molecule has 0 aromatic carbocycles. The minimum absolute atomic E-state index is 0.0627. The third-order valence-electron chi connectivity index (χ3n) is 2.37. The summed E-state index contributed by atoms with van der Waals surface area (Å²) in [5.41, 5.74) is 5.52. The number of nitrogens with zero attached hydrogens (tertiary/aromatic N) is 1. The van der Waals surface area contributed by atoms with Gasteiger partial charge in [0, 0.05) is 6.04 Å². The average Bonchev–Trinajstić information content (AvgIpc) is 2.56. The molecule has 0 radical (unpaired) electrons. The van der Waals surface area contributed by atoms with Gasteiger partial charge in [-0.2, -0.15) is 17.5 Å². The molecule has 1 aromatic heterocycles. The second-order valence-corrected chi connectivity index (χ2v) is 7.23. The number of halogens is 3. The fourth-order valence-electron chi connectivity index (χ4n) is 1.68. The van der Waals surface area contributed by atoms with Crippen LogP contribution in [-0.2, 0) is 9.84 Å². The van der Waals surface area contributed by atoms with Gasteiger partial charge in [0.2, 0.25) is 0 Å². The normalized spacial score (nSPS) is 14.2. The molecule has 3 N–H and O–H groups in total. The second-order valence-electron chi connectivity index (χ2n) is 4.41. The number of nitrogens with two attached hydrogens (primary N) is 1. The van der Waals surface area contributed by atoms with Crippen molar-refractivity contribution in [1.82, 2.24) is 4.37 Å². The van der Waals surface area contributed by atoms with Crippen molar-refractivity contribution in [3.05, 3.63) is 0 Å². The molecule has 1 atom stereocenters. The summed E-state index contributed by atoms with van der Waals surface area (Å²) in [4.78, 5) is -0.196. The van der Waals surface area contributed by atoms with Crippen LogP contribution in [0.1, 0.15) is 26.7 Å². The maximum absolute atomic E-state index is 12.3. The van der Waals surface area contributed by atoms with Crippen molar-refractivity contribution in [2.24, 2.45) is 0 Å². The lowest BCUT2D eigenvalue weighted by atomic mass is 10.2. The molecule has 0 fully saturated rings. The Kier molecular flexibility index (Phi) is 5.25. The first-order valence-electron chi connectivity index (χ1n) is 5.88. The monoisotopic (exact) mass is 331 g/mol. The molecule has 10 heteroatoms. The van der Waals surface area contributed by atoms with Gasteiger partial charge in [-0.1, -0.05) is 6.92 Å². The van der Waals surface area contributed by atoms with E-state index in [4.69, 9.17) is 5.73 Å². The summed E-state index contributed by atoms with van der Waals surface area (Å²) >= 11 is 0.751. The van der Waals surface area contributed by atoms with Crippen LogP contribution in [0.4, 0.5) is 24.0 Å². The topological polar surface area (TPSA) is 85.1 Å². The Morgan fingerprint density at radius 1 is 1.45 bits per heavy atom. The molecular formula is C10H16F3N3O2S2. The van der Waals surface area contributed by atoms with Gasteiger partial charge in [-0.05, 0) is 24.9 Å². The third-order valence-corrected chi connectivity index (χ3v) is 5.28. The molecule has 20 heavy (non-hydrogen) atoms. The van der Waals surface area contributed by atoms with E-state index in [1.54, 1.807) is 6.92 Å². The SMILES string of the molecule is CCCS(=O)(=O)c1c(N)nsc1NC(C)CC(F)(F)F. The molecule has 1 aromatic rings. The Morgan fingerprint density at radius 3 is 2.55 bits per heavy atom. The molecule has 0 amide bonds. The van der Waals surface area contributed by atoms with Crippen molar-refractivity contribution in [1.29, 1.82) is 0 Å². The van der Waals surface area contributed by atoms with Crippen LogP contribution in [0.15, 0.2) is 4.90 Å². The van der Waals surface area contributed by atoms with Crippen molar-refractivity contribution >= 4 is 32.2 Å². The number of alkyl halides is 3. The van der Waals surface area contributed by atoms with E-state index in [2.05, 4.69) is 9.69 Å².